The fourth-order valence-electron chi connectivity index (χ4n) is 2.20. The number of carbonyl (C=O) groups is 2. The van der Waals surface area contributed by atoms with E-state index in [9.17, 15) is 9.59 Å². The second kappa shape index (κ2) is 5.44. The molecule has 92 valence electrons. The van der Waals surface area contributed by atoms with Crippen LogP contribution in [0.1, 0.15) is 64.6 Å². The molecule has 0 bridgehead atoms. The van der Waals surface area contributed by atoms with Gasteiger partial charge in [0.25, 0.3) is 0 Å². The molecule has 0 aliphatic heterocycles. The van der Waals surface area contributed by atoms with Gasteiger partial charge in [0.15, 0.2) is 11.6 Å². The summed E-state index contributed by atoms with van der Waals surface area (Å²) < 4.78 is 0.973. The Labute approximate surface area is 114 Å². The third-order valence-electron chi connectivity index (χ3n) is 3.09. The average molecular weight is 315 g/mol. The van der Waals surface area contributed by atoms with Crippen LogP contribution in [0.4, 0.5) is 0 Å². The van der Waals surface area contributed by atoms with E-state index in [1.165, 1.54) is 30.6 Å². The highest BCUT2D eigenvalue weighted by atomic mass is 79.9. The minimum absolute atomic E-state index is 0.00416. The zero-order valence-electron chi connectivity index (χ0n) is 9.85. The predicted octanol–water partition coefficient (Wildman–Crippen LogP) is 4.40. The lowest BCUT2D eigenvalue weighted by molar-refractivity contribution is 0.0923. The molecule has 1 aliphatic carbocycles. The first kappa shape index (κ1) is 13.0. The molecule has 1 aliphatic rings. The van der Waals surface area contributed by atoms with Crippen LogP contribution >= 0.6 is 27.3 Å². The van der Waals surface area contributed by atoms with Gasteiger partial charge < -0.3 is 0 Å². The van der Waals surface area contributed by atoms with Crippen LogP contribution in [0.2, 0.25) is 0 Å². The quantitative estimate of drug-likeness (QED) is 0.596. The van der Waals surface area contributed by atoms with Crippen molar-refractivity contribution in [2.45, 2.75) is 45.4 Å². The van der Waals surface area contributed by atoms with Crippen molar-refractivity contribution in [2.75, 3.05) is 0 Å². The Balaban J connectivity index is 2.15. The number of hydrogen-bond donors (Lipinski definition) is 0. The Morgan fingerprint density at radius 3 is 2.65 bits per heavy atom. The van der Waals surface area contributed by atoms with Crippen LogP contribution in [0, 0.1) is 0 Å². The summed E-state index contributed by atoms with van der Waals surface area (Å²) in [6.45, 7) is 2.18. The van der Waals surface area contributed by atoms with E-state index in [-0.39, 0.29) is 18.0 Å². The van der Waals surface area contributed by atoms with Gasteiger partial charge in [0, 0.05) is 5.56 Å². The summed E-state index contributed by atoms with van der Waals surface area (Å²) in [6, 6.07) is 0. The lowest BCUT2D eigenvalue weighted by Gasteiger charge is -2.01. The van der Waals surface area contributed by atoms with Crippen molar-refractivity contribution < 1.29 is 9.59 Å². The standard InChI is InChI=1S/C13H15BrO2S/c1-2-3-4-5-6-8-11-9(15)7-10(16)12(11)17-13(8)14/h2-7H2,1H3. The summed E-state index contributed by atoms with van der Waals surface area (Å²) in [5.74, 6) is 0.00736. The molecule has 2 rings (SSSR count). The van der Waals surface area contributed by atoms with Crippen LogP contribution in [0.25, 0.3) is 0 Å². The molecule has 2 nitrogen and oxygen atoms in total. The van der Waals surface area contributed by atoms with Crippen LogP contribution in [0.3, 0.4) is 0 Å². The maximum Gasteiger partial charge on any atom is 0.181 e. The first-order valence-electron chi connectivity index (χ1n) is 6.02. The van der Waals surface area contributed by atoms with E-state index in [1.54, 1.807) is 0 Å². The molecule has 1 aromatic rings. The van der Waals surface area contributed by atoms with Crippen molar-refractivity contribution in [1.29, 1.82) is 0 Å². The Morgan fingerprint density at radius 2 is 1.94 bits per heavy atom. The number of hydrogen-bond acceptors (Lipinski definition) is 3. The Hall–Kier alpha value is -0.480. The number of rotatable bonds is 5. The van der Waals surface area contributed by atoms with Crippen LogP contribution in [0.5, 0.6) is 0 Å². The molecule has 0 aromatic carbocycles. The summed E-state index contributed by atoms with van der Waals surface area (Å²) in [7, 11) is 0. The Bertz CT molecular complexity index is 462. The third-order valence-corrected chi connectivity index (χ3v) is 5.12. The molecule has 0 saturated heterocycles. The van der Waals surface area contributed by atoms with Gasteiger partial charge in [-0.05, 0) is 34.3 Å². The smallest absolute Gasteiger partial charge is 0.181 e. The maximum absolute atomic E-state index is 11.8. The average Bonchev–Trinajstić information content (AvgIpc) is 2.74. The van der Waals surface area contributed by atoms with Crippen LogP contribution in [-0.2, 0) is 6.42 Å². The maximum atomic E-state index is 11.8. The van der Waals surface area contributed by atoms with Gasteiger partial charge in [-0.3, -0.25) is 9.59 Å². The van der Waals surface area contributed by atoms with Crippen LogP contribution in [0.15, 0.2) is 3.79 Å². The van der Waals surface area contributed by atoms with Crippen molar-refractivity contribution in [3.63, 3.8) is 0 Å². The molecule has 1 heterocycles. The van der Waals surface area contributed by atoms with Crippen molar-refractivity contribution in [3.8, 4) is 0 Å². The molecular formula is C13H15BrO2S. The fraction of sp³-hybridized carbons (Fsp3) is 0.538. The number of carbonyl (C=O) groups excluding carboxylic acids is 2. The van der Waals surface area contributed by atoms with Gasteiger partial charge in [0.1, 0.15) is 0 Å². The first-order chi connectivity index (χ1) is 8.15. The summed E-state index contributed by atoms with van der Waals surface area (Å²) in [5, 5.41) is 0. The van der Waals surface area contributed by atoms with E-state index in [0.717, 1.165) is 22.2 Å². The zero-order chi connectivity index (χ0) is 12.4. The normalized spacial score (nSPS) is 14.5. The lowest BCUT2D eigenvalue weighted by Crippen LogP contribution is -1.97. The number of Topliss-reactive ketones (excluding diaryl/α,β-unsaturated/α-hetero) is 2. The van der Waals surface area contributed by atoms with E-state index >= 15 is 0 Å². The molecule has 0 fully saturated rings. The number of ketones is 2. The minimum atomic E-state index is -0.00416. The monoisotopic (exact) mass is 314 g/mol. The molecule has 0 amide bonds. The van der Waals surface area contributed by atoms with Gasteiger partial charge in [-0.15, -0.1) is 11.3 Å². The summed E-state index contributed by atoms with van der Waals surface area (Å²) >= 11 is 4.91. The molecule has 4 heteroatoms. The van der Waals surface area contributed by atoms with E-state index < -0.39 is 0 Å². The highest BCUT2D eigenvalue weighted by Crippen LogP contribution is 2.39. The highest BCUT2D eigenvalue weighted by molar-refractivity contribution is 9.11. The van der Waals surface area contributed by atoms with Gasteiger partial charge in [-0.2, -0.15) is 0 Å². The first-order valence-corrected chi connectivity index (χ1v) is 7.63. The zero-order valence-corrected chi connectivity index (χ0v) is 12.2. The second-order valence-electron chi connectivity index (χ2n) is 4.39. The van der Waals surface area contributed by atoms with Crippen molar-refractivity contribution >= 4 is 38.8 Å². The topological polar surface area (TPSA) is 34.1 Å². The molecule has 17 heavy (non-hydrogen) atoms. The van der Waals surface area contributed by atoms with Crippen molar-refractivity contribution in [3.05, 3.63) is 19.8 Å². The van der Waals surface area contributed by atoms with Crippen molar-refractivity contribution in [1.82, 2.24) is 0 Å². The summed E-state index contributed by atoms with van der Waals surface area (Å²) in [6.07, 6.45) is 5.71. The Morgan fingerprint density at radius 1 is 1.18 bits per heavy atom. The highest BCUT2D eigenvalue weighted by Gasteiger charge is 2.33. The van der Waals surface area contributed by atoms with Gasteiger partial charge in [0.2, 0.25) is 0 Å². The fourth-order valence-corrected chi connectivity index (χ4v) is 4.11. The van der Waals surface area contributed by atoms with Gasteiger partial charge in [-0.1, -0.05) is 26.2 Å². The number of thiophene rings is 1. The molecule has 0 spiro atoms. The van der Waals surface area contributed by atoms with Gasteiger partial charge in [0.05, 0.1) is 15.1 Å². The third kappa shape index (κ3) is 2.52. The van der Waals surface area contributed by atoms with E-state index in [2.05, 4.69) is 22.9 Å². The molecule has 0 unspecified atom stereocenters. The van der Waals surface area contributed by atoms with E-state index in [1.807, 2.05) is 0 Å². The van der Waals surface area contributed by atoms with Crippen molar-refractivity contribution in [2.24, 2.45) is 0 Å². The van der Waals surface area contributed by atoms with Crippen LogP contribution < -0.4 is 0 Å². The number of fused-ring (bicyclic) bond motifs is 1. The molecule has 0 atom stereocenters. The van der Waals surface area contributed by atoms with E-state index in [4.69, 9.17) is 0 Å². The van der Waals surface area contributed by atoms with Crippen LogP contribution in [-0.4, -0.2) is 11.6 Å². The molecule has 0 saturated carbocycles. The molecule has 0 radical (unpaired) electrons. The second-order valence-corrected chi connectivity index (χ2v) is 6.73. The summed E-state index contributed by atoms with van der Waals surface area (Å²) in [5.41, 5.74) is 1.78. The molecular weight excluding hydrogens is 300 g/mol. The SMILES string of the molecule is CCCCCCc1c(Br)sc2c1C(=O)CC2=O. The Kier molecular flexibility index (Phi) is 4.15. The van der Waals surface area contributed by atoms with E-state index in [0.29, 0.717) is 10.4 Å². The van der Waals surface area contributed by atoms with Gasteiger partial charge >= 0.3 is 0 Å². The van der Waals surface area contributed by atoms with Gasteiger partial charge in [-0.25, -0.2) is 0 Å². The molecule has 0 N–H and O–H groups in total. The minimum Gasteiger partial charge on any atom is -0.294 e. The largest absolute Gasteiger partial charge is 0.294 e. The number of halogens is 1. The lowest BCUT2D eigenvalue weighted by atomic mass is 10.0. The predicted molar refractivity (Wildman–Crippen MR) is 73.1 cm³/mol. The number of unbranched alkanes of at least 4 members (excludes halogenated alkanes) is 3. The summed E-state index contributed by atoms with van der Waals surface area (Å²) in [4.78, 5) is 24.0. The molecule has 1 aromatic heterocycles.